The number of methoxy groups -OCH3 is 1. The summed E-state index contributed by atoms with van der Waals surface area (Å²) < 4.78 is 7.24. The Morgan fingerprint density at radius 1 is 1.26 bits per heavy atom. The third-order valence-corrected chi connectivity index (χ3v) is 4.66. The number of rotatable bonds is 8. The van der Waals surface area contributed by atoms with Crippen molar-refractivity contribution in [2.24, 2.45) is 0 Å². The fourth-order valence-corrected chi connectivity index (χ4v) is 3.25. The topological polar surface area (TPSA) is 74.8 Å². The van der Waals surface area contributed by atoms with Gasteiger partial charge >= 0.3 is 0 Å². The SMILES string of the molecule is COCCCn1c(C)cc(C(=O)Cn2nnc(-c3cccc(Cl)c3)n2)c1C. The van der Waals surface area contributed by atoms with Crippen molar-refractivity contribution < 1.29 is 9.53 Å². The van der Waals surface area contributed by atoms with Crippen molar-refractivity contribution in [1.82, 2.24) is 24.8 Å². The van der Waals surface area contributed by atoms with Gasteiger partial charge in [-0.15, -0.1) is 10.2 Å². The van der Waals surface area contributed by atoms with Gasteiger partial charge in [-0.2, -0.15) is 4.80 Å². The molecule has 0 spiro atoms. The Hall–Kier alpha value is -2.51. The summed E-state index contributed by atoms with van der Waals surface area (Å²) in [5.74, 6) is 0.395. The van der Waals surface area contributed by atoms with E-state index in [0.29, 0.717) is 23.0 Å². The van der Waals surface area contributed by atoms with Crippen LogP contribution in [0.15, 0.2) is 30.3 Å². The van der Waals surface area contributed by atoms with Gasteiger partial charge in [0.15, 0.2) is 5.78 Å². The molecule has 3 aromatic rings. The van der Waals surface area contributed by atoms with E-state index in [4.69, 9.17) is 16.3 Å². The highest BCUT2D eigenvalue weighted by Gasteiger charge is 2.17. The molecule has 8 heteroatoms. The van der Waals surface area contributed by atoms with E-state index in [1.165, 1.54) is 4.80 Å². The van der Waals surface area contributed by atoms with Crippen LogP contribution in [-0.2, 0) is 17.8 Å². The van der Waals surface area contributed by atoms with E-state index in [2.05, 4.69) is 20.0 Å². The number of nitrogens with zero attached hydrogens (tertiary/aromatic N) is 5. The molecule has 2 heterocycles. The van der Waals surface area contributed by atoms with Crippen LogP contribution in [0.2, 0.25) is 5.02 Å². The van der Waals surface area contributed by atoms with Crippen molar-refractivity contribution in [3.63, 3.8) is 0 Å². The molecule has 1 aromatic carbocycles. The van der Waals surface area contributed by atoms with Gasteiger partial charge in [0, 0.05) is 47.8 Å². The normalized spacial score (nSPS) is 11.1. The zero-order valence-corrected chi connectivity index (χ0v) is 16.4. The summed E-state index contributed by atoms with van der Waals surface area (Å²) in [6, 6.07) is 9.13. The summed E-state index contributed by atoms with van der Waals surface area (Å²) in [5.41, 5.74) is 3.45. The van der Waals surface area contributed by atoms with Crippen LogP contribution in [0.25, 0.3) is 11.4 Å². The van der Waals surface area contributed by atoms with Crippen molar-refractivity contribution in [3.05, 3.63) is 52.3 Å². The average Bonchev–Trinajstić information content (AvgIpc) is 3.21. The lowest BCUT2D eigenvalue weighted by molar-refractivity contribution is 0.0960. The van der Waals surface area contributed by atoms with E-state index in [1.54, 1.807) is 19.2 Å². The second-order valence-electron chi connectivity index (χ2n) is 6.36. The largest absolute Gasteiger partial charge is 0.385 e. The first-order chi connectivity index (χ1) is 13.0. The van der Waals surface area contributed by atoms with Gasteiger partial charge in [0.05, 0.1) is 0 Å². The molecule has 3 rings (SSSR count). The molecule has 0 saturated heterocycles. The summed E-state index contributed by atoms with van der Waals surface area (Å²) in [5, 5.41) is 12.9. The first-order valence-corrected chi connectivity index (χ1v) is 9.10. The Bertz CT molecular complexity index is 947. The Morgan fingerprint density at radius 3 is 2.81 bits per heavy atom. The number of ketones is 1. The first-order valence-electron chi connectivity index (χ1n) is 8.72. The van der Waals surface area contributed by atoms with Crippen molar-refractivity contribution in [1.29, 1.82) is 0 Å². The molecule has 0 N–H and O–H groups in total. The second kappa shape index (κ2) is 8.45. The molecule has 7 nitrogen and oxygen atoms in total. The minimum atomic E-state index is -0.0452. The average molecular weight is 388 g/mol. The minimum absolute atomic E-state index is 0.0376. The van der Waals surface area contributed by atoms with E-state index < -0.39 is 0 Å². The van der Waals surface area contributed by atoms with E-state index in [1.807, 2.05) is 32.0 Å². The lowest BCUT2D eigenvalue weighted by Gasteiger charge is -2.09. The number of hydrogen-bond donors (Lipinski definition) is 0. The van der Waals surface area contributed by atoms with Gasteiger partial charge < -0.3 is 9.30 Å². The molecule has 0 saturated carbocycles. The van der Waals surface area contributed by atoms with E-state index in [0.717, 1.165) is 29.9 Å². The summed E-state index contributed by atoms with van der Waals surface area (Å²) in [6.45, 7) is 5.51. The Balaban J connectivity index is 1.74. The fourth-order valence-electron chi connectivity index (χ4n) is 3.06. The molecule has 0 radical (unpaired) electrons. The molecule has 0 bridgehead atoms. The molecule has 0 fully saturated rings. The highest BCUT2D eigenvalue weighted by molar-refractivity contribution is 6.30. The molecule has 27 heavy (non-hydrogen) atoms. The molecule has 0 aliphatic rings. The van der Waals surface area contributed by atoms with Crippen LogP contribution in [0, 0.1) is 13.8 Å². The van der Waals surface area contributed by atoms with Crippen LogP contribution < -0.4 is 0 Å². The smallest absolute Gasteiger partial charge is 0.204 e. The van der Waals surface area contributed by atoms with Crippen LogP contribution in [-0.4, -0.2) is 44.3 Å². The van der Waals surface area contributed by atoms with Crippen LogP contribution in [0.4, 0.5) is 0 Å². The number of carbonyl (C=O) groups excluding carboxylic acids is 1. The molecular weight excluding hydrogens is 366 g/mol. The Labute approximate surface area is 162 Å². The van der Waals surface area contributed by atoms with Crippen LogP contribution in [0.3, 0.4) is 0 Å². The summed E-state index contributed by atoms with van der Waals surface area (Å²) in [7, 11) is 1.69. The monoisotopic (exact) mass is 387 g/mol. The maximum Gasteiger partial charge on any atom is 0.204 e. The number of aryl methyl sites for hydroxylation is 1. The van der Waals surface area contributed by atoms with Gasteiger partial charge in [-0.25, -0.2) is 0 Å². The standard InChI is InChI=1S/C19H22ClN5O2/c1-13-10-17(14(2)24(13)8-5-9-27-3)18(26)12-25-22-19(21-23-25)15-6-4-7-16(20)11-15/h4,6-7,10-11H,5,8-9,12H2,1-3H3. The van der Waals surface area contributed by atoms with E-state index >= 15 is 0 Å². The number of aromatic nitrogens is 5. The lowest BCUT2D eigenvalue weighted by Crippen LogP contribution is -2.14. The van der Waals surface area contributed by atoms with Gasteiger partial charge in [0.25, 0.3) is 0 Å². The van der Waals surface area contributed by atoms with Crippen molar-refractivity contribution in [2.45, 2.75) is 33.4 Å². The minimum Gasteiger partial charge on any atom is -0.385 e. The number of benzene rings is 1. The summed E-state index contributed by atoms with van der Waals surface area (Å²) in [6.07, 6.45) is 0.897. The quantitative estimate of drug-likeness (QED) is 0.437. The molecule has 142 valence electrons. The van der Waals surface area contributed by atoms with Gasteiger partial charge in [-0.05, 0) is 43.7 Å². The van der Waals surface area contributed by atoms with Crippen LogP contribution >= 0.6 is 11.6 Å². The molecule has 0 atom stereocenters. The fraction of sp³-hybridized carbons (Fsp3) is 0.368. The zero-order valence-electron chi connectivity index (χ0n) is 15.6. The van der Waals surface area contributed by atoms with E-state index in [-0.39, 0.29) is 12.3 Å². The van der Waals surface area contributed by atoms with Gasteiger partial charge in [0.1, 0.15) is 6.54 Å². The van der Waals surface area contributed by atoms with Crippen LogP contribution in [0.1, 0.15) is 28.2 Å². The maximum absolute atomic E-state index is 12.7. The lowest BCUT2D eigenvalue weighted by atomic mass is 10.1. The number of Topliss-reactive ketones (excluding diaryl/α,β-unsaturated/α-hetero) is 1. The summed E-state index contributed by atoms with van der Waals surface area (Å²) in [4.78, 5) is 14.1. The highest BCUT2D eigenvalue weighted by Crippen LogP contribution is 2.19. The molecule has 0 amide bonds. The van der Waals surface area contributed by atoms with Crippen LogP contribution in [0.5, 0.6) is 0 Å². The third-order valence-electron chi connectivity index (χ3n) is 4.42. The van der Waals surface area contributed by atoms with Crippen molar-refractivity contribution in [2.75, 3.05) is 13.7 Å². The molecule has 0 unspecified atom stereocenters. The second-order valence-corrected chi connectivity index (χ2v) is 6.80. The molecular formula is C19H22ClN5O2. The Kier molecular flexibility index (Phi) is 6.03. The molecule has 2 aromatic heterocycles. The predicted octanol–water partition coefficient (Wildman–Crippen LogP) is 3.33. The summed E-state index contributed by atoms with van der Waals surface area (Å²) >= 11 is 6.00. The van der Waals surface area contributed by atoms with Gasteiger partial charge in [-0.1, -0.05) is 23.7 Å². The number of tetrazole rings is 1. The number of hydrogen-bond acceptors (Lipinski definition) is 5. The molecule has 0 aliphatic carbocycles. The molecule has 0 aliphatic heterocycles. The van der Waals surface area contributed by atoms with Gasteiger partial charge in [-0.3, -0.25) is 4.79 Å². The first kappa shape index (κ1) is 19.3. The third kappa shape index (κ3) is 4.43. The predicted molar refractivity (Wildman–Crippen MR) is 103 cm³/mol. The number of ether oxygens (including phenoxy) is 1. The zero-order chi connectivity index (χ0) is 19.4. The van der Waals surface area contributed by atoms with E-state index in [9.17, 15) is 4.79 Å². The van der Waals surface area contributed by atoms with Crippen molar-refractivity contribution in [3.8, 4) is 11.4 Å². The Morgan fingerprint density at radius 2 is 2.07 bits per heavy atom. The number of carbonyl (C=O) groups is 1. The van der Waals surface area contributed by atoms with Gasteiger partial charge in [0.2, 0.25) is 5.82 Å². The van der Waals surface area contributed by atoms with Crippen molar-refractivity contribution >= 4 is 17.4 Å². The highest BCUT2D eigenvalue weighted by atomic mass is 35.5. The number of halogens is 1. The maximum atomic E-state index is 12.7.